The summed E-state index contributed by atoms with van der Waals surface area (Å²) < 4.78 is 10.5. The first-order valence-electron chi connectivity index (χ1n) is 8.27. The molecule has 0 radical (unpaired) electrons. The number of hydrogen-bond donors (Lipinski definition) is 1. The topological polar surface area (TPSA) is 50.8 Å². The number of fused-ring (bicyclic) bond motifs is 1. The van der Waals surface area contributed by atoms with Crippen LogP contribution >= 0.6 is 0 Å². The van der Waals surface area contributed by atoms with Crippen LogP contribution in [0.5, 0.6) is 5.75 Å². The Morgan fingerprint density at radius 1 is 1.17 bits per heavy atom. The number of ether oxygens (including phenoxy) is 2. The molecule has 2 aromatic rings. The summed E-state index contributed by atoms with van der Waals surface area (Å²) in [4.78, 5) is 13.8. The molecule has 130 valence electrons. The van der Waals surface area contributed by atoms with E-state index < -0.39 is 0 Å². The molecule has 0 atom stereocenters. The van der Waals surface area contributed by atoms with Crippen LogP contribution in [-0.4, -0.2) is 44.8 Å². The molecule has 1 N–H and O–H groups in total. The van der Waals surface area contributed by atoms with Gasteiger partial charge in [0, 0.05) is 33.4 Å². The van der Waals surface area contributed by atoms with Gasteiger partial charge < -0.3 is 19.7 Å². The molecule has 0 aliphatic rings. The molecule has 0 aromatic heterocycles. The van der Waals surface area contributed by atoms with Crippen LogP contribution < -0.4 is 10.1 Å². The Kier molecular flexibility index (Phi) is 6.88. The van der Waals surface area contributed by atoms with Crippen molar-refractivity contribution in [2.24, 2.45) is 0 Å². The van der Waals surface area contributed by atoms with Gasteiger partial charge in [0.1, 0.15) is 5.75 Å². The summed E-state index contributed by atoms with van der Waals surface area (Å²) in [5.74, 6) is 0.846. The van der Waals surface area contributed by atoms with Crippen LogP contribution in [0.4, 0.5) is 4.79 Å². The Balaban J connectivity index is 1.90. The largest absolute Gasteiger partial charge is 0.497 e. The lowest BCUT2D eigenvalue weighted by Crippen LogP contribution is -2.37. The number of amides is 2. The van der Waals surface area contributed by atoms with Crippen molar-refractivity contribution in [1.29, 1.82) is 0 Å². The second kappa shape index (κ2) is 9.13. The summed E-state index contributed by atoms with van der Waals surface area (Å²) in [5.41, 5.74) is 1.10. The zero-order valence-corrected chi connectivity index (χ0v) is 14.7. The van der Waals surface area contributed by atoms with Crippen LogP contribution in [0, 0.1) is 0 Å². The van der Waals surface area contributed by atoms with Crippen LogP contribution in [0.1, 0.15) is 18.9 Å². The van der Waals surface area contributed by atoms with Crippen molar-refractivity contribution in [3.63, 3.8) is 0 Å². The van der Waals surface area contributed by atoms with Crippen LogP contribution in [0.25, 0.3) is 10.8 Å². The van der Waals surface area contributed by atoms with Gasteiger partial charge >= 0.3 is 6.03 Å². The number of methoxy groups -OCH3 is 1. The van der Waals surface area contributed by atoms with Gasteiger partial charge in [0.2, 0.25) is 0 Å². The molecule has 5 heteroatoms. The van der Waals surface area contributed by atoms with E-state index in [-0.39, 0.29) is 6.03 Å². The Bertz CT molecular complexity index is 673. The molecule has 2 amide bonds. The molecule has 0 aliphatic carbocycles. The van der Waals surface area contributed by atoms with Gasteiger partial charge in [-0.15, -0.1) is 0 Å². The van der Waals surface area contributed by atoms with Crippen LogP contribution in [-0.2, 0) is 11.3 Å². The molecule has 24 heavy (non-hydrogen) atoms. The first-order chi connectivity index (χ1) is 11.6. The maximum Gasteiger partial charge on any atom is 0.317 e. The second-order valence-corrected chi connectivity index (χ2v) is 5.69. The standard InChI is InChI=1S/C19H26N2O3/c1-4-24-11-5-10-20-19(22)21(2)14-15-6-7-17-13-18(23-3)9-8-16(17)12-15/h6-9,12-13H,4-5,10-11,14H2,1-3H3,(H,20,22). The smallest absolute Gasteiger partial charge is 0.317 e. The maximum atomic E-state index is 12.1. The van der Waals surface area contributed by atoms with E-state index in [2.05, 4.69) is 17.4 Å². The number of urea groups is 1. The second-order valence-electron chi connectivity index (χ2n) is 5.69. The SMILES string of the molecule is CCOCCCNC(=O)N(C)Cc1ccc2cc(OC)ccc2c1. The number of hydrogen-bond acceptors (Lipinski definition) is 3. The van der Waals surface area contributed by atoms with E-state index in [1.54, 1.807) is 19.1 Å². The number of carbonyl (C=O) groups is 1. The summed E-state index contributed by atoms with van der Waals surface area (Å²) >= 11 is 0. The van der Waals surface area contributed by atoms with Crippen LogP contribution in [0.15, 0.2) is 36.4 Å². The molecule has 5 nitrogen and oxygen atoms in total. The lowest BCUT2D eigenvalue weighted by Gasteiger charge is -2.18. The molecule has 0 unspecified atom stereocenters. The van der Waals surface area contributed by atoms with E-state index in [1.807, 2.05) is 31.2 Å². The monoisotopic (exact) mass is 330 g/mol. The van der Waals surface area contributed by atoms with Crippen molar-refractivity contribution < 1.29 is 14.3 Å². The summed E-state index contributed by atoms with van der Waals surface area (Å²) in [7, 11) is 3.47. The summed E-state index contributed by atoms with van der Waals surface area (Å²) in [6.45, 7) is 4.54. The van der Waals surface area contributed by atoms with Gasteiger partial charge in [0.25, 0.3) is 0 Å². The molecule has 2 rings (SSSR count). The predicted octanol–water partition coefficient (Wildman–Crippen LogP) is 3.42. The minimum atomic E-state index is -0.0682. The number of nitrogens with zero attached hydrogens (tertiary/aromatic N) is 1. The lowest BCUT2D eigenvalue weighted by molar-refractivity contribution is 0.144. The van der Waals surface area contributed by atoms with E-state index in [4.69, 9.17) is 9.47 Å². The fraction of sp³-hybridized carbons (Fsp3) is 0.421. The highest BCUT2D eigenvalue weighted by molar-refractivity contribution is 5.84. The van der Waals surface area contributed by atoms with E-state index in [0.29, 0.717) is 26.3 Å². The van der Waals surface area contributed by atoms with Gasteiger partial charge in [-0.25, -0.2) is 4.79 Å². The Hall–Kier alpha value is -2.27. The third kappa shape index (κ3) is 5.13. The van der Waals surface area contributed by atoms with Crippen LogP contribution in [0.2, 0.25) is 0 Å². The summed E-state index contributed by atoms with van der Waals surface area (Å²) in [6.07, 6.45) is 0.825. The van der Waals surface area contributed by atoms with E-state index in [1.165, 1.54) is 0 Å². The van der Waals surface area contributed by atoms with E-state index >= 15 is 0 Å². The van der Waals surface area contributed by atoms with Gasteiger partial charge in [-0.05, 0) is 47.9 Å². The maximum absolute atomic E-state index is 12.1. The van der Waals surface area contributed by atoms with E-state index in [9.17, 15) is 4.79 Å². The fourth-order valence-corrected chi connectivity index (χ4v) is 2.49. The van der Waals surface area contributed by atoms with Crippen molar-refractivity contribution in [3.8, 4) is 5.75 Å². The third-order valence-electron chi connectivity index (χ3n) is 3.82. The fourth-order valence-electron chi connectivity index (χ4n) is 2.49. The predicted molar refractivity (Wildman–Crippen MR) is 96.5 cm³/mol. The lowest BCUT2D eigenvalue weighted by atomic mass is 10.1. The molecule has 0 spiro atoms. The summed E-state index contributed by atoms with van der Waals surface area (Å²) in [5, 5.41) is 5.17. The highest BCUT2D eigenvalue weighted by Crippen LogP contribution is 2.22. The van der Waals surface area contributed by atoms with Gasteiger partial charge in [0.15, 0.2) is 0 Å². The molecule has 0 saturated carbocycles. The summed E-state index contributed by atoms with van der Waals surface area (Å²) in [6, 6.07) is 12.1. The van der Waals surface area contributed by atoms with Crippen molar-refractivity contribution in [2.75, 3.05) is 33.9 Å². The Morgan fingerprint density at radius 3 is 2.67 bits per heavy atom. The first kappa shape index (κ1) is 18.1. The number of carbonyl (C=O) groups excluding carboxylic acids is 1. The zero-order chi connectivity index (χ0) is 17.4. The number of rotatable bonds is 8. The zero-order valence-electron chi connectivity index (χ0n) is 14.7. The molecule has 0 heterocycles. The molecule has 0 bridgehead atoms. The van der Waals surface area contributed by atoms with Crippen molar-refractivity contribution in [1.82, 2.24) is 10.2 Å². The van der Waals surface area contributed by atoms with E-state index in [0.717, 1.165) is 28.5 Å². The highest BCUT2D eigenvalue weighted by Gasteiger charge is 2.09. The van der Waals surface area contributed by atoms with Gasteiger partial charge in [-0.3, -0.25) is 0 Å². The van der Waals surface area contributed by atoms with Crippen molar-refractivity contribution in [2.45, 2.75) is 19.9 Å². The minimum absolute atomic E-state index is 0.0682. The average molecular weight is 330 g/mol. The van der Waals surface area contributed by atoms with Gasteiger partial charge in [-0.1, -0.05) is 18.2 Å². The van der Waals surface area contributed by atoms with Crippen LogP contribution in [0.3, 0.4) is 0 Å². The number of benzene rings is 2. The Labute approximate surface area is 143 Å². The molecular weight excluding hydrogens is 304 g/mol. The third-order valence-corrected chi connectivity index (χ3v) is 3.82. The quantitative estimate of drug-likeness (QED) is 0.755. The molecule has 2 aromatic carbocycles. The molecule has 0 fully saturated rings. The normalized spacial score (nSPS) is 10.6. The highest BCUT2D eigenvalue weighted by atomic mass is 16.5. The average Bonchev–Trinajstić information content (AvgIpc) is 2.60. The minimum Gasteiger partial charge on any atom is -0.497 e. The van der Waals surface area contributed by atoms with Gasteiger partial charge in [0.05, 0.1) is 7.11 Å². The Morgan fingerprint density at radius 2 is 1.92 bits per heavy atom. The van der Waals surface area contributed by atoms with Crippen molar-refractivity contribution in [3.05, 3.63) is 42.0 Å². The molecule has 0 saturated heterocycles. The molecule has 0 aliphatic heterocycles. The van der Waals surface area contributed by atoms with Gasteiger partial charge in [-0.2, -0.15) is 0 Å². The first-order valence-corrected chi connectivity index (χ1v) is 8.27. The molecular formula is C19H26N2O3. The van der Waals surface area contributed by atoms with Crippen molar-refractivity contribution >= 4 is 16.8 Å². The number of nitrogens with one attached hydrogen (secondary N) is 1.